The average molecular weight is 350 g/mol. The number of aromatic amines is 1. The monoisotopic (exact) mass is 350 g/mol. The number of fused-ring (bicyclic) bond motifs is 4. The first-order chi connectivity index (χ1) is 13.4. The van der Waals surface area contributed by atoms with E-state index >= 15 is 0 Å². The van der Waals surface area contributed by atoms with Crippen LogP contribution in [0.4, 0.5) is 11.4 Å². The zero-order valence-electron chi connectivity index (χ0n) is 14.8. The first-order valence-corrected chi connectivity index (χ1v) is 9.36. The van der Waals surface area contributed by atoms with Gasteiger partial charge in [-0.3, -0.25) is 0 Å². The van der Waals surface area contributed by atoms with Gasteiger partial charge < -0.3 is 14.6 Å². The lowest BCUT2D eigenvalue weighted by Gasteiger charge is -2.35. The first-order valence-electron chi connectivity index (χ1n) is 9.36. The van der Waals surface area contributed by atoms with Gasteiger partial charge in [-0.2, -0.15) is 0 Å². The molecule has 1 aliphatic heterocycles. The predicted molar refractivity (Wildman–Crippen MR) is 110 cm³/mol. The van der Waals surface area contributed by atoms with Crippen LogP contribution >= 0.6 is 0 Å². The van der Waals surface area contributed by atoms with Crippen LogP contribution in [0.1, 0.15) is 12.8 Å². The zero-order valence-corrected chi connectivity index (χ0v) is 14.8. The van der Waals surface area contributed by atoms with Crippen LogP contribution in [0.5, 0.6) is 5.75 Å². The van der Waals surface area contributed by atoms with Crippen molar-refractivity contribution < 1.29 is 4.74 Å². The van der Waals surface area contributed by atoms with Gasteiger partial charge in [0.15, 0.2) is 5.75 Å². The second kappa shape index (κ2) is 5.52. The van der Waals surface area contributed by atoms with Gasteiger partial charge in [-0.25, -0.2) is 0 Å². The molecule has 1 aliphatic carbocycles. The van der Waals surface area contributed by atoms with Gasteiger partial charge in [0, 0.05) is 34.5 Å². The van der Waals surface area contributed by atoms with Gasteiger partial charge in [0.25, 0.3) is 0 Å². The minimum atomic E-state index is 0.909. The number of hydrogen-bond donors (Lipinski definition) is 1. The molecule has 0 fully saturated rings. The van der Waals surface area contributed by atoms with Crippen molar-refractivity contribution in [2.24, 2.45) is 0 Å². The van der Waals surface area contributed by atoms with Crippen molar-refractivity contribution in [3.8, 4) is 5.75 Å². The number of rotatable bonds is 1. The number of allylic oxidation sites excluding steroid dienone is 3. The number of anilines is 2. The Balaban J connectivity index is 1.66. The van der Waals surface area contributed by atoms with Crippen LogP contribution in [0.15, 0.2) is 90.3 Å². The average Bonchev–Trinajstić information content (AvgIpc) is 3.08. The smallest absolute Gasteiger partial charge is 0.153 e. The summed E-state index contributed by atoms with van der Waals surface area (Å²) in [4.78, 5) is 5.85. The molecule has 0 amide bonds. The van der Waals surface area contributed by atoms with Crippen molar-refractivity contribution in [2.45, 2.75) is 12.8 Å². The molecule has 0 saturated heterocycles. The molecule has 0 atom stereocenters. The molecule has 27 heavy (non-hydrogen) atoms. The highest BCUT2D eigenvalue weighted by atomic mass is 16.5. The van der Waals surface area contributed by atoms with Gasteiger partial charge in [0.1, 0.15) is 5.76 Å². The fourth-order valence-electron chi connectivity index (χ4n) is 4.17. The highest BCUT2D eigenvalue weighted by molar-refractivity contribution is 6.09. The summed E-state index contributed by atoms with van der Waals surface area (Å²) in [5.74, 6) is 1.95. The highest BCUT2D eigenvalue weighted by Crippen LogP contribution is 2.47. The summed E-state index contributed by atoms with van der Waals surface area (Å²) in [7, 11) is 0. The van der Waals surface area contributed by atoms with E-state index in [-0.39, 0.29) is 0 Å². The highest BCUT2D eigenvalue weighted by Gasteiger charge is 2.28. The van der Waals surface area contributed by atoms with E-state index in [9.17, 15) is 0 Å². The van der Waals surface area contributed by atoms with Crippen molar-refractivity contribution in [1.29, 1.82) is 0 Å². The molecule has 0 radical (unpaired) electrons. The number of hydrogen-bond acceptors (Lipinski definition) is 2. The molecule has 0 unspecified atom stereocenters. The van der Waals surface area contributed by atoms with Crippen LogP contribution in [-0.2, 0) is 0 Å². The summed E-state index contributed by atoms with van der Waals surface area (Å²) in [6, 6.07) is 23.4. The maximum atomic E-state index is 6.36. The third-order valence-corrected chi connectivity index (χ3v) is 5.41. The molecular weight excluding hydrogens is 332 g/mol. The topological polar surface area (TPSA) is 28.3 Å². The van der Waals surface area contributed by atoms with E-state index in [0.29, 0.717) is 0 Å². The second-order valence-electron chi connectivity index (χ2n) is 7.06. The molecule has 2 aliphatic rings. The van der Waals surface area contributed by atoms with Gasteiger partial charge in [-0.05, 0) is 36.8 Å². The second-order valence-corrected chi connectivity index (χ2v) is 7.06. The standard InChI is InChI=1S/C24H18N2O/c1-2-8-16(9-3-1)26-21-12-6-7-13-23(21)27-24-15-20-18(14-22(24)26)17-10-4-5-11-19(17)25-20/h1-6,8-12,14-15,25H,7,13H2. The van der Waals surface area contributed by atoms with E-state index in [1.165, 1.54) is 10.8 Å². The number of aromatic nitrogens is 1. The molecule has 130 valence electrons. The van der Waals surface area contributed by atoms with Gasteiger partial charge >= 0.3 is 0 Å². The lowest BCUT2D eigenvalue weighted by Crippen LogP contribution is -2.24. The molecule has 6 rings (SSSR count). The Bertz CT molecular complexity index is 1250. The van der Waals surface area contributed by atoms with Crippen molar-refractivity contribution in [1.82, 2.24) is 4.98 Å². The maximum Gasteiger partial charge on any atom is 0.153 e. The van der Waals surface area contributed by atoms with Crippen LogP contribution in [0, 0.1) is 0 Å². The summed E-state index contributed by atoms with van der Waals surface area (Å²) in [5.41, 5.74) is 5.64. The summed E-state index contributed by atoms with van der Waals surface area (Å²) >= 11 is 0. The summed E-state index contributed by atoms with van der Waals surface area (Å²) in [6.45, 7) is 0. The Morgan fingerprint density at radius 1 is 0.852 bits per heavy atom. The van der Waals surface area contributed by atoms with E-state index < -0.39 is 0 Å². The Hall–Kier alpha value is -3.46. The van der Waals surface area contributed by atoms with E-state index in [4.69, 9.17) is 4.74 Å². The Labute approximate surface area is 157 Å². The van der Waals surface area contributed by atoms with Crippen molar-refractivity contribution in [3.05, 3.63) is 90.3 Å². The van der Waals surface area contributed by atoms with Crippen molar-refractivity contribution >= 4 is 33.2 Å². The fraction of sp³-hybridized carbons (Fsp3) is 0.0833. The number of benzene rings is 3. The molecule has 0 spiro atoms. The third kappa shape index (κ3) is 2.15. The Morgan fingerprint density at radius 2 is 1.70 bits per heavy atom. The van der Waals surface area contributed by atoms with E-state index in [2.05, 4.69) is 88.8 Å². The number of nitrogens with zero attached hydrogens (tertiary/aromatic N) is 1. The summed E-state index contributed by atoms with van der Waals surface area (Å²) in [6.07, 6.45) is 6.37. The molecular formula is C24H18N2O. The largest absolute Gasteiger partial charge is 0.457 e. The normalized spacial score (nSPS) is 15.8. The van der Waals surface area contributed by atoms with E-state index in [0.717, 1.165) is 52.5 Å². The number of para-hydroxylation sites is 2. The van der Waals surface area contributed by atoms with Crippen molar-refractivity contribution in [3.63, 3.8) is 0 Å². The molecule has 4 aromatic rings. The van der Waals surface area contributed by atoms with Gasteiger partial charge in [-0.1, -0.05) is 42.5 Å². The maximum absolute atomic E-state index is 6.36. The van der Waals surface area contributed by atoms with Crippen LogP contribution in [0.3, 0.4) is 0 Å². The van der Waals surface area contributed by atoms with Crippen LogP contribution in [0.25, 0.3) is 21.8 Å². The Morgan fingerprint density at radius 3 is 2.63 bits per heavy atom. The lowest BCUT2D eigenvalue weighted by atomic mass is 10.0. The molecule has 2 heterocycles. The molecule has 3 nitrogen and oxygen atoms in total. The van der Waals surface area contributed by atoms with Crippen LogP contribution < -0.4 is 9.64 Å². The minimum Gasteiger partial charge on any atom is -0.457 e. The molecule has 0 saturated carbocycles. The minimum absolute atomic E-state index is 0.909. The Kier molecular flexibility index (Phi) is 3.00. The van der Waals surface area contributed by atoms with E-state index in [1.54, 1.807) is 0 Å². The summed E-state index contributed by atoms with van der Waals surface area (Å²) in [5, 5.41) is 2.46. The summed E-state index contributed by atoms with van der Waals surface area (Å²) < 4.78 is 6.36. The first kappa shape index (κ1) is 14.7. The van der Waals surface area contributed by atoms with E-state index in [1.807, 2.05) is 0 Å². The zero-order chi connectivity index (χ0) is 17.8. The molecule has 1 N–H and O–H groups in total. The van der Waals surface area contributed by atoms with Gasteiger partial charge in [0.05, 0.1) is 16.9 Å². The lowest BCUT2D eigenvalue weighted by molar-refractivity contribution is 0.389. The number of nitrogens with one attached hydrogen (secondary N) is 1. The SMILES string of the molecule is C1=CC2=C(CC1)Oc1cc3[nH]c4ccccc4c3cc1N2c1ccccc1. The molecule has 0 bridgehead atoms. The van der Waals surface area contributed by atoms with Crippen molar-refractivity contribution in [2.75, 3.05) is 4.90 Å². The van der Waals surface area contributed by atoms with Crippen LogP contribution in [-0.4, -0.2) is 4.98 Å². The van der Waals surface area contributed by atoms with Gasteiger partial charge in [-0.15, -0.1) is 0 Å². The number of ether oxygens (including phenoxy) is 1. The third-order valence-electron chi connectivity index (χ3n) is 5.41. The predicted octanol–water partition coefficient (Wildman–Crippen LogP) is 6.41. The fourth-order valence-corrected chi connectivity index (χ4v) is 4.17. The molecule has 3 aromatic carbocycles. The quantitative estimate of drug-likeness (QED) is 0.429. The number of H-pyrrole nitrogens is 1. The van der Waals surface area contributed by atoms with Gasteiger partial charge in [0.2, 0.25) is 0 Å². The van der Waals surface area contributed by atoms with Crippen LogP contribution in [0.2, 0.25) is 0 Å². The molecule has 3 heteroatoms. The molecule has 1 aromatic heterocycles.